The molecule has 10 heteroatoms. The summed E-state index contributed by atoms with van der Waals surface area (Å²) >= 11 is 0. The average Bonchev–Trinajstić information content (AvgIpc) is 3.44. The van der Waals surface area contributed by atoms with Crippen molar-refractivity contribution >= 4 is 22.8 Å². The zero-order valence-corrected chi connectivity index (χ0v) is 21.1. The van der Waals surface area contributed by atoms with E-state index in [4.69, 9.17) is 19.2 Å². The summed E-state index contributed by atoms with van der Waals surface area (Å²) in [5.41, 5.74) is 1.30. The van der Waals surface area contributed by atoms with Gasteiger partial charge in [-0.3, -0.25) is 14.9 Å². The van der Waals surface area contributed by atoms with Gasteiger partial charge in [0, 0.05) is 17.5 Å². The van der Waals surface area contributed by atoms with Crippen molar-refractivity contribution < 1.29 is 19.1 Å². The molecule has 0 amide bonds. The van der Waals surface area contributed by atoms with Crippen LogP contribution in [0.4, 0.5) is 5.69 Å². The molecule has 1 aliphatic carbocycles. The number of rotatable bonds is 7. The van der Waals surface area contributed by atoms with Crippen LogP contribution in [0.2, 0.25) is 0 Å². The third-order valence-corrected chi connectivity index (χ3v) is 7.10. The fourth-order valence-electron chi connectivity index (χ4n) is 5.13. The first kappa shape index (κ1) is 24.6. The summed E-state index contributed by atoms with van der Waals surface area (Å²) in [6, 6.07) is 17.2. The molecule has 2 heterocycles. The molecule has 1 fully saturated rings. The molecule has 1 aromatic heterocycles. The highest BCUT2D eigenvalue weighted by Gasteiger charge is 2.23. The van der Waals surface area contributed by atoms with Crippen LogP contribution in [0.15, 0.2) is 70.6 Å². The Morgan fingerprint density at radius 1 is 1.05 bits per heavy atom. The van der Waals surface area contributed by atoms with Crippen LogP contribution in [0.3, 0.4) is 0 Å². The van der Waals surface area contributed by atoms with Gasteiger partial charge in [-0.1, -0.05) is 43.5 Å². The van der Waals surface area contributed by atoms with Crippen molar-refractivity contribution in [3.63, 3.8) is 0 Å². The zero-order valence-electron chi connectivity index (χ0n) is 21.1. The summed E-state index contributed by atoms with van der Waals surface area (Å²) in [4.78, 5) is 29.7. The standard InChI is InChI=1S/C29H26N4O6/c34-29-22-10-4-5-11-23(22)31-28(20-7-2-1-3-8-20)32(29)30-16-21-9-6-12-24(33(35)36)27(21)37-17-19-13-14-25-26(15-19)39-18-38-25/h4-6,9-16,20H,1-3,7-8,17-18H2. The Balaban J connectivity index is 1.38. The normalized spacial score (nSPS) is 15.2. The van der Waals surface area contributed by atoms with Gasteiger partial charge in [-0.05, 0) is 48.7 Å². The van der Waals surface area contributed by atoms with E-state index in [9.17, 15) is 14.9 Å². The molecule has 0 saturated heterocycles. The Morgan fingerprint density at radius 3 is 2.72 bits per heavy atom. The maximum absolute atomic E-state index is 13.5. The van der Waals surface area contributed by atoms with Crippen LogP contribution in [0.25, 0.3) is 10.9 Å². The van der Waals surface area contributed by atoms with E-state index in [1.165, 1.54) is 17.0 Å². The van der Waals surface area contributed by atoms with Gasteiger partial charge in [0.2, 0.25) is 12.5 Å². The highest BCUT2D eigenvalue weighted by atomic mass is 16.7. The second-order valence-electron chi connectivity index (χ2n) is 9.61. The minimum Gasteiger partial charge on any atom is -0.481 e. The average molecular weight is 527 g/mol. The summed E-state index contributed by atoms with van der Waals surface area (Å²) < 4.78 is 18.1. The molecule has 2 aliphatic rings. The van der Waals surface area contributed by atoms with E-state index in [1.807, 2.05) is 18.2 Å². The summed E-state index contributed by atoms with van der Waals surface area (Å²) in [7, 11) is 0. The van der Waals surface area contributed by atoms with Crippen molar-refractivity contribution in [2.45, 2.75) is 44.6 Å². The minimum absolute atomic E-state index is 0.0601. The smallest absolute Gasteiger partial charge is 0.311 e. The Kier molecular flexibility index (Phi) is 6.66. The predicted octanol–water partition coefficient (Wildman–Crippen LogP) is 5.54. The van der Waals surface area contributed by atoms with Gasteiger partial charge < -0.3 is 14.2 Å². The van der Waals surface area contributed by atoms with E-state index in [-0.39, 0.29) is 36.3 Å². The van der Waals surface area contributed by atoms with Gasteiger partial charge in [-0.25, -0.2) is 4.98 Å². The molecule has 0 spiro atoms. The van der Waals surface area contributed by atoms with Crippen molar-refractivity contribution in [1.29, 1.82) is 0 Å². The van der Waals surface area contributed by atoms with Crippen LogP contribution in [0.5, 0.6) is 17.2 Å². The first-order valence-corrected chi connectivity index (χ1v) is 12.9. The van der Waals surface area contributed by atoms with Crippen molar-refractivity contribution in [3.8, 4) is 17.2 Å². The first-order chi connectivity index (χ1) is 19.1. The van der Waals surface area contributed by atoms with Gasteiger partial charge in [0.25, 0.3) is 5.56 Å². The van der Waals surface area contributed by atoms with Gasteiger partial charge >= 0.3 is 5.69 Å². The van der Waals surface area contributed by atoms with Crippen molar-refractivity contribution in [3.05, 3.63) is 98.1 Å². The molecule has 3 aromatic carbocycles. The van der Waals surface area contributed by atoms with Gasteiger partial charge in [-0.2, -0.15) is 9.78 Å². The second-order valence-corrected chi connectivity index (χ2v) is 9.61. The lowest BCUT2D eigenvalue weighted by Gasteiger charge is -2.22. The lowest BCUT2D eigenvalue weighted by Crippen LogP contribution is -2.25. The molecule has 1 saturated carbocycles. The number of hydrogen-bond acceptors (Lipinski definition) is 8. The molecule has 0 N–H and O–H groups in total. The first-order valence-electron chi connectivity index (χ1n) is 12.9. The molecule has 198 valence electrons. The molecule has 6 rings (SSSR count). The molecular weight excluding hydrogens is 500 g/mol. The largest absolute Gasteiger partial charge is 0.481 e. The molecule has 10 nitrogen and oxygen atoms in total. The lowest BCUT2D eigenvalue weighted by atomic mass is 9.88. The van der Waals surface area contributed by atoms with E-state index in [0.29, 0.717) is 33.8 Å². The lowest BCUT2D eigenvalue weighted by molar-refractivity contribution is -0.385. The van der Waals surface area contributed by atoms with Crippen molar-refractivity contribution in [1.82, 2.24) is 9.66 Å². The third-order valence-electron chi connectivity index (χ3n) is 7.10. The Bertz CT molecular complexity index is 1640. The number of aromatic nitrogens is 2. The summed E-state index contributed by atoms with van der Waals surface area (Å²) in [5, 5.41) is 16.9. The number of nitro groups is 1. The number of nitro benzene ring substituents is 1. The monoisotopic (exact) mass is 526 g/mol. The van der Waals surface area contributed by atoms with E-state index in [0.717, 1.165) is 37.7 Å². The van der Waals surface area contributed by atoms with Crippen molar-refractivity contribution in [2.75, 3.05) is 6.79 Å². The zero-order chi connectivity index (χ0) is 26.8. The van der Waals surface area contributed by atoms with Gasteiger partial charge in [0.15, 0.2) is 11.5 Å². The molecule has 4 aromatic rings. The second kappa shape index (κ2) is 10.6. The SMILES string of the molecule is O=c1c2ccccc2nc(C2CCCCC2)n1N=Cc1cccc([N+](=O)[O-])c1OCc1ccc2c(c1)OCO2. The molecule has 0 radical (unpaired) electrons. The predicted molar refractivity (Wildman–Crippen MR) is 145 cm³/mol. The maximum atomic E-state index is 13.5. The highest BCUT2D eigenvalue weighted by Crippen LogP contribution is 2.35. The van der Waals surface area contributed by atoms with Crippen LogP contribution >= 0.6 is 0 Å². The van der Waals surface area contributed by atoms with E-state index >= 15 is 0 Å². The van der Waals surface area contributed by atoms with Gasteiger partial charge in [0.05, 0.1) is 22.0 Å². The number of ether oxygens (including phenoxy) is 3. The summed E-state index contributed by atoms with van der Waals surface area (Å²) in [6.45, 7) is 0.212. The Hall–Kier alpha value is -4.73. The molecule has 1 aliphatic heterocycles. The molecule has 0 atom stereocenters. The highest BCUT2D eigenvalue weighted by molar-refractivity contribution is 5.86. The topological polar surface area (TPSA) is 118 Å². The van der Waals surface area contributed by atoms with E-state index in [2.05, 4.69) is 5.10 Å². The van der Waals surface area contributed by atoms with Crippen LogP contribution in [-0.4, -0.2) is 27.6 Å². The number of para-hydroxylation sites is 2. The third kappa shape index (κ3) is 4.93. The van der Waals surface area contributed by atoms with Crippen LogP contribution < -0.4 is 19.8 Å². The summed E-state index contributed by atoms with van der Waals surface area (Å²) in [5.74, 6) is 2.02. The Labute approximate surface area is 223 Å². The fourth-order valence-corrected chi connectivity index (χ4v) is 5.13. The molecular formula is C29H26N4O6. The van der Waals surface area contributed by atoms with Crippen molar-refractivity contribution in [2.24, 2.45) is 5.10 Å². The minimum atomic E-state index is -0.497. The number of hydrogen-bond donors (Lipinski definition) is 0. The summed E-state index contributed by atoms with van der Waals surface area (Å²) in [6.07, 6.45) is 6.60. The fraction of sp³-hybridized carbons (Fsp3) is 0.276. The van der Waals surface area contributed by atoms with Crippen LogP contribution in [-0.2, 0) is 6.61 Å². The van der Waals surface area contributed by atoms with Crippen LogP contribution in [0, 0.1) is 10.1 Å². The van der Waals surface area contributed by atoms with E-state index in [1.54, 1.807) is 36.4 Å². The number of nitrogens with zero attached hydrogens (tertiary/aromatic N) is 4. The van der Waals surface area contributed by atoms with Gasteiger partial charge in [-0.15, -0.1) is 0 Å². The maximum Gasteiger partial charge on any atom is 0.311 e. The molecule has 39 heavy (non-hydrogen) atoms. The Morgan fingerprint density at radius 2 is 1.87 bits per heavy atom. The van der Waals surface area contributed by atoms with Gasteiger partial charge in [0.1, 0.15) is 12.4 Å². The van der Waals surface area contributed by atoms with E-state index < -0.39 is 4.92 Å². The number of benzene rings is 3. The molecule has 0 unspecified atom stereocenters. The quantitative estimate of drug-likeness (QED) is 0.176. The molecule has 0 bridgehead atoms. The number of fused-ring (bicyclic) bond motifs is 2. The van der Waals surface area contributed by atoms with Crippen LogP contribution in [0.1, 0.15) is 55.0 Å².